The number of nitrogens with one attached hydrogen (secondary N) is 1. The van der Waals surface area contributed by atoms with E-state index >= 15 is 0 Å². The highest BCUT2D eigenvalue weighted by atomic mass is 16.5. The van der Waals surface area contributed by atoms with Crippen LogP contribution in [0.25, 0.3) is 0 Å². The molecule has 0 radical (unpaired) electrons. The van der Waals surface area contributed by atoms with Gasteiger partial charge in [0.05, 0.1) is 13.2 Å². The van der Waals surface area contributed by atoms with Gasteiger partial charge in [0.25, 0.3) is 0 Å². The van der Waals surface area contributed by atoms with Crippen LogP contribution in [-0.2, 0) is 0 Å². The van der Waals surface area contributed by atoms with Gasteiger partial charge in [-0.2, -0.15) is 0 Å². The average molecular weight is 385 g/mol. The van der Waals surface area contributed by atoms with Crippen molar-refractivity contribution < 1.29 is 14.6 Å². The fraction of sp³-hybridized carbons (Fsp3) is 0.696. The number of β-amino-alcohol motifs (C(OH)–C–C–N with tert-alkyl or cyclic N) is 1. The molecule has 2 atom stereocenters. The van der Waals surface area contributed by atoms with Crippen LogP contribution in [0.5, 0.6) is 5.75 Å². The van der Waals surface area contributed by atoms with Crippen molar-refractivity contribution in [2.75, 3.05) is 20.2 Å². The summed E-state index contributed by atoms with van der Waals surface area (Å²) in [6, 6.07) is 7.96. The van der Waals surface area contributed by atoms with Crippen LogP contribution in [0.4, 0.5) is 4.79 Å². The van der Waals surface area contributed by atoms with E-state index in [1.54, 1.807) is 7.11 Å². The van der Waals surface area contributed by atoms with Crippen molar-refractivity contribution >= 4 is 6.03 Å². The summed E-state index contributed by atoms with van der Waals surface area (Å²) in [5.74, 6) is 3.31. The van der Waals surface area contributed by atoms with Crippen molar-refractivity contribution in [3.8, 4) is 5.75 Å². The molecule has 5 fully saturated rings. The number of rotatable bonds is 3. The normalized spacial score (nSPS) is 39.1. The Bertz CT molecular complexity index is 714. The quantitative estimate of drug-likeness (QED) is 0.838. The Balaban J connectivity index is 1.23. The molecule has 1 aromatic rings. The van der Waals surface area contributed by atoms with Crippen molar-refractivity contribution in [2.24, 2.45) is 17.8 Å². The lowest BCUT2D eigenvalue weighted by atomic mass is 9.53. The van der Waals surface area contributed by atoms with Gasteiger partial charge in [0.2, 0.25) is 0 Å². The molecule has 6 rings (SSSR count). The molecule has 1 heterocycles. The van der Waals surface area contributed by atoms with Crippen LogP contribution in [0, 0.1) is 17.8 Å². The number of benzene rings is 1. The van der Waals surface area contributed by atoms with Gasteiger partial charge in [0.1, 0.15) is 5.75 Å². The van der Waals surface area contributed by atoms with Crippen molar-refractivity contribution in [2.45, 2.75) is 62.5 Å². The first-order valence-electron chi connectivity index (χ1n) is 10.9. The van der Waals surface area contributed by atoms with Gasteiger partial charge >= 0.3 is 6.03 Å². The number of nitrogens with zero attached hydrogens (tertiary/aromatic N) is 1. The minimum Gasteiger partial charge on any atom is -0.497 e. The Hall–Kier alpha value is -1.75. The molecular weight excluding hydrogens is 352 g/mol. The zero-order chi connectivity index (χ0) is 19.3. The number of ether oxygens (including phenoxy) is 1. The number of likely N-dealkylation sites (tertiary alicyclic amines) is 1. The summed E-state index contributed by atoms with van der Waals surface area (Å²) < 4.78 is 5.32. The van der Waals surface area contributed by atoms with Crippen LogP contribution < -0.4 is 10.1 Å². The Labute approximate surface area is 167 Å². The molecule has 4 bridgehead atoms. The topological polar surface area (TPSA) is 61.8 Å². The monoisotopic (exact) mass is 384 g/mol. The van der Waals surface area contributed by atoms with Crippen LogP contribution in [0.2, 0.25) is 0 Å². The maximum atomic E-state index is 13.1. The summed E-state index contributed by atoms with van der Waals surface area (Å²) in [5.41, 5.74) is 1.12. The molecule has 5 aliphatic rings. The van der Waals surface area contributed by atoms with Crippen molar-refractivity contribution in [3.05, 3.63) is 29.8 Å². The zero-order valence-electron chi connectivity index (χ0n) is 16.8. The average Bonchev–Trinajstić information content (AvgIpc) is 2.66. The second-order valence-corrected chi connectivity index (χ2v) is 9.81. The largest absolute Gasteiger partial charge is 0.497 e. The third kappa shape index (κ3) is 3.28. The van der Waals surface area contributed by atoms with Crippen LogP contribution in [0.3, 0.4) is 0 Å². The molecule has 5 heteroatoms. The third-order valence-corrected chi connectivity index (χ3v) is 7.80. The number of carbonyl (C=O) groups is 1. The Morgan fingerprint density at radius 2 is 1.86 bits per heavy atom. The number of aliphatic hydroxyl groups is 1. The smallest absolute Gasteiger partial charge is 0.317 e. The first-order valence-corrected chi connectivity index (χ1v) is 10.9. The van der Waals surface area contributed by atoms with E-state index < -0.39 is 6.10 Å². The van der Waals surface area contributed by atoms with Gasteiger partial charge in [-0.1, -0.05) is 12.1 Å². The van der Waals surface area contributed by atoms with E-state index in [4.69, 9.17) is 4.74 Å². The molecule has 1 saturated heterocycles. The molecule has 1 aromatic carbocycles. The SMILES string of the molecule is COc1cccc([C@H]2CCN(C(=O)NC34CC5CC(CC(C5)C3)C4)C[C@@H]2O)c1. The minimum absolute atomic E-state index is 0.0282. The molecule has 28 heavy (non-hydrogen) atoms. The van der Waals surface area contributed by atoms with Gasteiger partial charge in [0, 0.05) is 24.5 Å². The van der Waals surface area contributed by atoms with Gasteiger partial charge in [-0.25, -0.2) is 4.79 Å². The molecule has 0 spiro atoms. The van der Waals surface area contributed by atoms with Gasteiger partial charge in [0.15, 0.2) is 0 Å². The van der Waals surface area contributed by atoms with Crippen LogP contribution in [0.1, 0.15) is 56.4 Å². The lowest BCUT2D eigenvalue weighted by Crippen LogP contribution is -2.63. The number of hydrogen-bond acceptors (Lipinski definition) is 3. The third-order valence-electron chi connectivity index (χ3n) is 7.80. The minimum atomic E-state index is -0.539. The maximum Gasteiger partial charge on any atom is 0.317 e. The van der Waals surface area contributed by atoms with E-state index in [1.807, 2.05) is 29.2 Å². The fourth-order valence-electron chi connectivity index (χ4n) is 6.95. The number of amides is 2. The zero-order valence-corrected chi connectivity index (χ0v) is 16.8. The predicted molar refractivity (Wildman–Crippen MR) is 107 cm³/mol. The molecule has 152 valence electrons. The summed E-state index contributed by atoms with van der Waals surface area (Å²) in [7, 11) is 1.66. The summed E-state index contributed by atoms with van der Waals surface area (Å²) >= 11 is 0. The van der Waals surface area contributed by atoms with E-state index in [1.165, 1.54) is 19.3 Å². The first-order chi connectivity index (χ1) is 13.5. The van der Waals surface area contributed by atoms with E-state index in [-0.39, 0.29) is 17.5 Å². The second-order valence-electron chi connectivity index (χ2n) is 9.81. The van der Waals surface area contributed by atoms with E-state index in [9.17, 15) is 9.90 Å². The van der Waals surface area contributed by atoms with Crippen molar-refractivity contribution in [1.29, 1.82) is 0 Å². The van der Waals surface area contributed by atoms with Crippen LogP contribution in [-0.4, -0.2) is 47.9 Å². The molecule has 0 aromatic heterocycles. The van der Waals surface area contributed by atoms with E-state index in [2.05, 4.69) is 5.32 Å². The number of carbonyl (C=O) groups excluding carboxylic acids is 1. The number of aliphatic hydroxyl groups excluding tert-OH is 1. The van der Waals surface area contributed by atoms with Gasteiger partial charge < -0.3 is 20.1 Å². The molecule has 2 amide bonds. The number of methoxy groups -OCH3 is 1. The Kier molecular flexibility index (Phi) is 4.53. The fourth-order valence-corrected chi connectivity index (χ4v) is 6.95. The Morgan fingerprint density at radius 1 is 1.18 bits per heavy atom. The summed E-state index contributed by atoms with van der Waals surface area (Å²) in [6.07, 6.45) is 7.85. The maximum absolute atomic E-state index is 13.1. The van der Waals surface area contributed by atoms with E-state index in [0.717, 1.165) is 54.7 Å². The predicted octanol–water partition coefficient (Wildman–Crippen LogP) is 3.52. The molecule has 5 nitrogen and oxygen atoms in total. The van der Waals surface area contributed by atoms with E-state index in [0.29, 0.717) is 13.1 Å². The molecule has 1 aliphatic heterocycles. The summed E-state index contributed by atoms with van der Waals surface area (Å²) in [6.45, 7) is 1.09. The highest BCUT2D eigenvalue weighted by Gasteiger charge is 2.52. The lowest BCUT2D eigenvalue weighted by molar-refractivity contribution is -0.0179. The van der Waals surface area contributed by atoms with Crippen LogP contribution >= 0.6 is 0 Å². The molecule has 4 aliphatic carbocycles. The summed E-state index contributed by atoms with van der Waals surface area (Å²) in [5, 5.41) is 14.2. The molecule has 0 unspecified atom stereocenters. The first kappa shape index (κ1) is 18.3. The van der Waals surface area contributed by atoms with Crippen molar-refractivity contribution in [3.63, 3.8) is 0 Å². The van der Waals surface area contributed by atoms with Crippen molar-refractivity contribution in [1.82, 2.24) is 10.2 Å². The molecular formula is C23H32N2O3. The second kappa shape index (κ2) is 6.94. The highest BCUT2D eigenvalue weighted by molar-refractivity contribution is 5.75. The highest BCUT2D eigenvalue weighted by Crippen LogP contribution is 2.55. The van der Waals surface area contributed by atoms with Gasteiger partial charge in [-0.15, -0.1) is 0 Å². The van der Waals surface area contributed by atoms with Gasteiger partial charge in [-0.05, 0) is 80.4 Å². The molecule has 4 saturated carbocycles. The van der Waals surface area contributed by atoms with Crippen LogP contribution in [0.15, 0.2) is 24.3 Å². The van der Waals surface area contributed by atoms with Gasteiger partial charge in [-0.3, -0.25) is 0 Å². The number of hydrogen-bond donors (Lipinski definition) is 2. The Morgan fingerprint density at radius 3 is 2.46 bits per heavy atom. The number of piperidine rings is 1. The molecule has 2 N–H and O–H groups in total. The summed E-state index contributed by atoms with van der Waals surface area (Å²) in [4.78, 5) is 14.9. The standard InChI is InChI=1S/C23H32N2O3/c1-28-19-4-2-3-18(10-19)20-5-6-25(14-21(20)26)22(27)24-23-11-15-7-16(12-23)9-17(8-15)13-23/h2-4,10,15-17,20-21,26H,5-9,11-14H2,1H3,(H,24,27)/t15?,16?,17?,20-,21+,23?/m1/s1. The lowest BCUT2D eigenvalue weighted by Gasteiger charge is -2.57. The number of urea groups is 1.